The van der Waals surface area contributed by atoms with Crippen LogP contribution in [0.3, 0.4) is 0 Å². The monoisotopic (exact) mass is 293 g/mol. The summed E-state index contributed by atoms with van der Waals surface area (Å²) in [4.78, 5) is 29.4. The van der Waals surface area contributed by atoms with Crippen LogP contribution in [0, 0.1) is 0 Å². The molecule has 0 aliphatic carbocycles. The number of hydrogen-bond donors (Lipinski definition) is 1. The minimum atomic E-state index is -0.274. The Morgan fingerprint density at radius 2 is 1.86 bits per heavy atom. The Bertz CT molecular complexity index is 753. The van der Waals surface area contributed by atoms with Crippen molar-refractivity contribution in [3.8, 4) is 0 Å². The van der Waals surface area contributed by atoms with E-state index >= 15 is 0 Å². The maximum Gasteiger partial charge on any atom is 0.332 e. The zero-order chi connectivity index (χ0) is 15.6. The van der Waals surface area contributed by atoms with E-state index in [9.17, 15) is 9.59 Å². The van der Waals surface area contributed by atoms with E-state index in [1.54, 1.807) is 23.1 Å². The molecule has 21 heavy (non-hydrogen) atoms. The molecule has 0 atom stereocenters. The Balaban J connectivity index is 2.83. The minimum absolute atomic E-state index is 0.274. The van der Waals surface area contributed by atoms with Crippen LogP contribution >= 0.6 is 0 Å². The highest BCUT2D eigenvalue weighted by molar-refractivity contribution is 5.74. The molecule has 0 amide bonds. The van der Waals surface area contributed by atoms with Gasteiger partial charge in [-0.25, -0.2) is 4.79 Å². The summed E-state index contributed by atoms with van der Waals surface area (Å²) in [5.74, 6) is 0.614. The molecule has 2 aromatic rings. The van der Waals surface area contributed by atoms with Crippen LogP contribution in [-0.2, 0) is 20.1 Å². The first-order valence-corrected chi connectivity index (χ1v) is 7.50. The SMILES string of the molecule is CCCCn1c(=O)n(CC)c(=O)c2c1nc(NCC)n2C. The molecule has 0 saturated carbocycles. The van der Waals surface area contributed by atoms with Gasteiger partial charge in [-0.1, -0.05) is 13.3 Å². The molecular formula is C14H23N5O2. The molecule has 0 bridgehead atoms. The third kappa shape index (κ3) is 2.48. The van der Waals surface area contributed by atoms with Crippen molar-refractivity contribution < 1.29 is 0 Å². The lowest BCUT2D eigenvalue weighted by Crippen LogP contribution is -2.40. The van der Waals surface area contributed by atoms with E-state index in [1.807, 2.05) is 6.92 Å². The second-order valence-electron chi connectivity index (χ2n) is 5.03. The van der Waals surface area contributed by atoms with Gasteiger partial charge in [0.15, 0.2) is 11.2 Å². The van der Waals surface area contributed by atoms with Gasteiger partial charge in [-0.2, -0.15) is 4.98 Å². The van der Waals surface area contributed by atoms with E-state index in [0.717, 1.165) is 12.8 Å². The van der Waals surface area contributed by atoms with Gasteiger partial charge in [-0.05, 0) is 20.3 Å². The van der Waals surface area contributed by atoms with Gasteiger partial charge in [0.05, 0.1) is 0 Å². The van der Waals surface area contributed by atoms with Crippen molar-refractivity contribution in [1.29, 1.82) is 0 Å². The molecule has 0 saturated heterocycles. The van der Waals surface area contributed by atoms with Gasteiger partial charge in [0.2, 0.25) is 5.95 Å². The quantitative estimate of drug-likeness (QED) is 0.867. The molecule has 0 aromatic carbocycles. The molecule has 2 heterocycles. The number of fused-ring (bicyclic) bond motifs is 1. The summed E-state index contributed by atoms with van der Waals surface area (Å²) >= 11 is 0. The highest BCUT2D eigenvalue weighted by Crippen LogP contribution is 2.14. The van der Waals surface area contributed by atoms with Gasteiger partial charge in [0.25, 0.3) is 5.56 Å². The van der Waals surface area contributed by atoms with E-state index in [2.05, 4.69) is 17.2 Å². The first-order chi connectivity index (χ1) is 10.1. The van der Waals surface area contributed by atoms with Gasteiger partial charge in [0, 0.05) is 26.7 Å². The number of rotatable bonds is 6. The lowest BCUT2D eigenvalue weighted by Gasteiger charge is -2.09. The maximum atomic E-state index is 12.5. The third-order valence-electron chi connectivity index (χ3n) is 3.63. The van der Waals surface area contributed by atoms with Crippen molar-refractivity contribution in [1.82, 2.24) is 18.7 Å². The van der Waals surface area contributed by atoms with Crippen LogP contribution < -0.4 is 16.6 Å². The van der Waals surface area contributed by atoms with Crippen LogP contribution in [0.5, 0.6) is 0 Å². The lowest BCUT2D eigenvalue weighted by atomic mass is 10.3. The maximum absolute atomic E-state index is 12.5. The Morgan fingerprint density at radius 3 is 2.43 bits per heavy atom. The molecular weight excluding hydrogens is 270 g/mol. The van der Waals surface area contributed by atoms with Crippen molar-refractivity contribution in [2.45, 2.75) is 46.7 Å². The Kier molecular flexibility index (Phi) is 4.50. The average Bonchev–Trinajstić information content (AvgIpc) is 2.77. The molecule has 7 nitrogen and oxygen atoms in total. The lowest BCUT2D eigenvalue weighted by molar-refractivity contribution is 0.561. The van der Waals surface area contributed by atoms with Crippen molar-refractivity contribution in [2.24, 2.45) is 7.05 Å². The zero-order valence-corrected chi connectivity index (χ0v) is 13.1. The molecule has 0 fully saturated rings. The highest BCUT2D eigenvalue weighted by Gasteiger charge is 2.18. The molecule has 0 aliphatic heterocycles. The molecule has 0 aliphatic rings. The fourth-order valence-corrected chi connectivity index (χ4v) is 2.48. The Labute approximate surface area is 123 Å². The molecule has 2 rings (SSSR count). The van der Waals surface area contributed by atoms with E-state index < -0.39 is 0 Å². The molecule has 2 aromatic heterocycles. The van der Waals surface area contributed by atoms with Gasteiger partial charge in [-0.3, -0.25) is 13.9 Å². The summed E-state index contributed by atoms with van der Waals surface area (Å²) in [5, 5.41) is 3.12. The third-order valence-corrected chi connectivity index (χ3v) is 3.63. The number of nitrogens with one attached hydrogen (secondary N) is 1. The van der Waals surface area contributed by atoms with Crippen LogP contribution in [0.4, 0.5) is 5.95 Å². The number of imidazole rings is 1. The van der Waals surface area contributed by atoms with Crippen LogP contribution in [0.15, 0.2) is 9.59 Å². The number of aromatic nitrogens is 4. The molecule has 1 N–H and O–H groups in total. The number of aryl methyl sites for hydroxylation is 2. The Morgan fingerprint density at radius 1 is 1.14 bits per heavy atom. The number of hydrogen-bond acceptors (Lipinski definition) is 4. The standard InChI is InChI=1S/C14H23N5O2/c1-5-8-9-19-11-10(12(20)18(7-3)14(19)21)17(4)13(16-11)15-6-2/h5-9H2,1-4H3,(H,15,16). The topological polar surface area (TPSA) is 73.8 Å². The number of unbranched alkanes of at least 4 members (excludes halogenated alkanes) is 1. The van der Waals surface area contributed by atoms with Gasteiger partial charge >= 0.3 is 5.69 Å². The van der Waals surface area contributed by atoms with E-state index in [4.69, 9.17) is 0 Å². The summed E-state index contributed by atoms with van der Waals surface area (Å²) in [6.07, 6.45) is 1.86. The summed E-state index contributed by atoms with van der Waals surface area (Å²) < 4.78 is 4.62. The van der Waals surface area contributed by atoms with E-state index in [-0.39, 0.29) is 11.2 Å². The van der Waals surface area contributed by atoms with Crippen LogP contribution in [-0.4, -0.2) is 25.2 Å². The highest BCUT2D eigenvalue weighted by atomic mass is 16.2. The van der Waals surface area contributed by atoms with Gasteiger partial charge < -0.3 is 9.88 Å². The average molecular weight is 293 g/mol. The molecule has 0 radical (unpaired) electrons. The zero-order valence-electron chi connectivity index (χ0n) is 13.1. The first kappa shape index (κ1) is 15.3. The van der Waals surface area contributed by atoms with Crippen molar-refractivity contribution in [2.75, 3.05) is 11.9 Å². The van der Waals surface area contributed by atoms with Crippen LogP contribution in [0.25, 0.3) is 11.2 Å². The molecule has 7 heteroatoms. The molecule has 116 valence electrons. The fraction of sp³-hybridized carbons (Fsp3) is 0.643. The predicted molar refractivity (Wildman–Crippen MR) is 84.0 cm³/mol. The van der Waals surface area contributed by atoms with Gasteiger partial charge in [-0.15, -0.1) is 0 Å². The first-order valence-electron chi connectivity index (χ1n) is 7.50. The van der Waals surface area contributed by atoms with E-state index in [1.165, 1.54) is 4.57 Å². The smallest absolute Gasteiger partial charge is 0.332 e. The van der Waals surface area contributed by atoms with Crippen LogP contribution in [0.1, 0.15) is 33.6 Å². The minimum Gasteiger partial charge on any atom is -0.356 e. The van der Waals surface area contributed by atoms with Crippen molar-refractivity contribution >= 4 is 17.1 Å². The predicted octanol–water partition coefficient (Wildman–Crippen LogP) is 1.15. The second-order valence-corrected chi connectivity index (χ2v) is 5.03. The van der Waals surface area contributed by atoms with Crippen molar-refractivity contribution in [3.05, 3.63) is 20.8 Å². The summed E-state index contributed by atoms with van der Waals surface area (Å²) in [5.41, 5.74) is 0.402. The number of anilines is 1. The summed E-state index contributed by atoms with van der Waals surface area (Å²) in [6.45, 7) is 7.49. The Hall–Kier alpha value is -2.05. The molecule has 0 spiro atoms. The van der Waals surface area contributed by atoms with Crippen molar-refractivity contribution in [3.63, 3.8) is 0 Å². The summed E-state index contributed by atoms with van der Waals surface area (Å²) in [7, 11) is 1.80. The number of nitrogens with zero attached hydrogens (tertiary/aromatic N) is 4. The normalized spacial score (nSPS) is 11.2. The molecule has 0 unspecified atom stereocenters. The van der Waals surface area contributed by atoms with Crippen LogP contribution in [0.2, 0.25) is 0 Å². The summed E-state index contributed by atoms with van der Waals surface area (Å²) in [6, 6.07) is 0. The van der Waals surface area contributed by atoms with E-state index in [0.29, 0.717) is 36.7 Å². The largest absolute Gasteiger partial charge is 0.356 e. The fourth-order valence-electron chi connectivity index (χ4n) is 2.48. The van der Waals surface area contributed by atoms with Gasteiger partial charge in [0.1, 0.15) is 0 Å². The second kappa shape index (κ2) is 6.15.